The number of cyclic esters (lactones) is 1. The van der Waals surface area contributed by atoms with Crippen LogP contribution in [0.25, 0.3) is 22.3 Å². The van der Waals surface area contributed by atoms with E-state index in [2.05, 4.69) is 5.32 Å². The molecule has 2 amide bonds. The Morgan fingerprint density at radius 2 is 1.77 bits per heavy atom. The molecule has 2 aromatic carbocycles. The van der Waals surface area contributed by atoms with Gasteiger partial charge in [0.1, 0.15) is 37.3 Å². The zero-order valence-corrected chi connectivity index (χ0v) is 31.7. The van der Waals surface area contributed by atoms with Crippen LogP contribution < -0.4 is 30.8 Å². The van der Waals surface area contributed by atoms with Crippen LogP contribution in [0, 0.1) is 0 Å². The van der Waals surface area contributed by atoms with Crippen LogP contribution in [0.3, 0.4) is 0 Å². The number of aliphatic carboxylic acids is 1. The number of ether oxygens (including phenoxy) is 6. The van der Waals surface area contributed by atoms with E-state index in [1.807, 2.05) is 0 Å². The third-order valence-corrected chi connectivity index (χ3v) is 10.7. The summed E-state index contributed by atoms with van der Waals surface area (Å²) in [5.41, 5.74) is 8.25. The molecule has 1 fully saturated rings. The molecule has 21 nitrogen and oxygen atoms in total. The van der Waals surface area contributed by atoms with Crippen molar-refractivity contribution < 1.29 is 73.1 Å². The van der Waals surface area contributed by atoms with E-state index in [-0.39, 0.29) is 75.2 Å². The molecule has 2 aromatic heterocycles. The van der Waals surface area contributed by atoms with Crippen molar-refractivity contribution >= 4 is 40.5 Å². The monoisotopic (exact) mass is 833 g/mol. The number of nitrogens with zero attached hydrogens (tertiary/aromatic N) is 3. The highest BCUT2D eigenvalue weighted by molar-refractivity contribution is 5.93. The minimum absolute atomic E-state index is 0.00421. The average molecular weight is 834 g/mol. The fraction of sp³-hybridized carbons (Fsp3) is 0.385. The van der Waals surface area contributed by atoms with Crippen LogP contribution in [0.5, 0.6) is 17.2 Å². The molecule has 0 aliphatic carbocycles. The summed E-state index contributed by atoms with van der Waals surface area (Å²) in [5, 5.41) is 54.1. The quantitative estimate of drug-likeness (QED) is 0.0859. The van der Waals surface area contributed by atoms with Crippen molar-refractivity contribution in [2.75, 3.05) is 25.2 Å². The van der Waals surface area contributed by atoms with Crippen LogP contribution in [0.1, 0.15) is 47.3 Å². The third kappa shape index (κ3) is 7.20. The number of carboxylic acids is 1. The first-order chi connectivity index (χ1) is 28.8. The molecule has 21 heteroatoms. The molecule has 0 saturated carbocycles. The Morgan fingerprint density at radius 1 is 1.00 bits per heavy atom. The molecule has 0 unspecified atom stereocenters. The smallest absolute Gasteiger partial charge is 0.410 e. The standard InChI is InChI=1S/C39H39N5O16/c1-2-43(39(54)56-13-16-3-4-25(23(7-16)41-28(45)5-6-40)59-38-33(49)31(47)32(48)34(60-38)36(51)52)11-19-17-9-26-27(58-15-57-26)10-22(17)42-29-20(19)12-44-24(29)8-18-21(35(44)50)14-55-37(53)30(18)46/h3-4,7-10,30-34,38,46-49H,2,5-6,11-15,40H2,1H3,(H,41,45)(H,51,52)/t30-,31-,32-,33+,34-,38+/m0/s1. The van der Waals surface area contributed by atoms with E-state index in [4.69, 9.17) is 39.1 Å². The molecule has 0 radical (unpaired) electrons. The summed E-state index contributed by atoms with van der Waals surface area (Å²) < 4.78 is 34.4. The minimum atomic E-state index is -1.95. The summed E-state index contributed by atoms with van der Waals surface area (Å²) in [4.78, 5) is 70.3. The molecule has 4 aliphatic rings. The van der Waals surface area contributed by atoms with Crippen molar-refractivity contribution in [3.63, 3.8) is 0 Å². The summed E-state index contributed by atoms with van der Waals surface area (Å²) in [5.74, 6) is -2.22. The molecule has 8 rings (SSSR count). The highest BCUT2D eigenvalue weighted by atomic mass is 16.7. The number of hydrogen-bond donors (Lipinski definition) is 7. The number of aliphatic hydroxyl groups excluding tert-OH is 4. The van der Waals surface area contributed by atoms with Crippen molar-refractivity contribution in [1.82, 2.24) is 14.5 Å². The van der Waals surface area contributed by atoms with E-state index in [1.165, 1.54) is 27.7 Å². The Bertz CT molecular complexity index is 2490. The molecule has 8 N–H and O–H groups in total. The minimum Gasteiger partial charge on any atom is -0.479 e. The van der Waals surface area contributed by atoms with Crippen LogP contribution in [0.15, 0.2) is 41.2 Å². The molecule has 4 aliphatic heterocycles. The SMILES string of the molecule is CCN(Cc1c2c(nc3cc4c(cc13)OCO4)-c1cc3c(c(=O)n1C2)COC(=O)[C@H]3O)C(=O)OCc1ccc(O[C@@H]2O[C@H](C(=O)O)[C@@H](O)[C@H](O)[C@H]2O)c(NC(=O)CCN)c1. The molecule has 0 spiro atoms. The van der Waals surface area contributed by atoms with Crippen molar-refractivity contribution in [3.05, 3.63) is 74.6 Å². The number of hydrogen-bond acceptors (Lipinski definition) is 17. The maximum Gasteiger partial charge on any atom is 0.410 e. The second-order valence-corrected chi connectivity index (χ2v) is 14.3. The van der Waals surface area contributed by atoms with Gasteiger partial charge in [-0.25, -0.2) is 19.4 Å². The normalized spacial score (nSPS) is 22.3. The second-order valence-electron chi connectivity index (χ2n) is 14.3. The summed E-state index contributed by atoms with van der Waals surface area (Å²) >= 11 is 0. The van der Waals surface area contributed by atoms with Crippen molar-refractivity contribution in [3.8, 4) is 28.6 Å². The van der Waals surface area contributed by atoms with Gasteiger partial charge in [0.15, 0.2) is 23.7 Å². The Balaban J connectivity index is 1.07. The van der Waals surface area contributed by atoms with Crippen LogP contribution >= 0.6 is 0 Å². The number of amides is 2. The van der Waals surface area contributed by atoms with Crippen molar-refractivity contribution in [1.29, 1.82) is 0 Å². The predicted molar refractivity (Wildman–Crippen MR) is 201 cm³/mol. The number of aromatic nitrogens is 2. The van der Waals surface area contributed by atoms with Gasteiger partial charge in [-0.3, -0.25) is 9.59 Å². The van der Waals surface area contributed by atoms with E-state index < -0.39 is 66.3 Å². The number of rotatable bonds is 11. The fourth-order valence-corrected chi connectivity index (χ4v) is 7.50. The summed E-state index contributed by atoms with van der Waals surface area (Å²) in [6.07, 6.45) is -11.9. The van der Waals surface area contributed by atoms with E-state index in [9.17, 15) is 49.5 Å². The van der Waals surface area contributed by atoms with E-state index >= 15 is 0 Å². The number of nitrogens with one attached hydrogen (secondary N) is 1. The van der Waals surface area contributed by atoms with Crippen molar-refractivity contribution in [2.45, 2.75) is 76.5 Å². The van der Waals surface area contributed by atoms with E-state index in [0.29, 0.717) is 50.5 Å². The lowest BCUT2D eigenvalue weighted by Gasteiger charge is -2.38. The molecule has 60 heavy (non-hydrogen) atoms. The lowest BCUT2D eigenvalue weighted by atomic mass is 9.98. The number of pyridine rings is 2. The summed E-state index contributed by atoms with van der Waals surface area (Å²) in [7, 11) is 0. The Hall–Kier alpha value is -6.36. The first-order valence-electron chi connectivity index (χ1n) is 18.8. The molecular weight excluding hydrogens is 794 g/mol. The molecule has 316 valence electrons. The van der Waals surface area contributed by atoms with Gasteiger partial charge in [-0.2, -0.15) is 0 Å². The van der Waals surface area contributed by atoms with Crippen LogP contribution in [0.2, 0.25) is 0 Å². The van der Waals surface area contributed by atoms with E-state index in [0.717, 1.165) is 0 Å². The number of fused-ring (bicyclic) bond motifs is 6. The van der Waals surface area contributed by atoms with Gasteiger partial charge in [-0.1, -0.05) is 6.07 Å². The molecule has 6 heterocycles. The zero-order chi connectivity index (χ0) is 42.6. The molecule has 0 bridgehead atoms. The maximum atomic E-state index is 13.8. The van der Waals surface area contributed by atoms with Gasteiger partial charge in [0, 0.05) is 42.1 Å². The highest BCUT2D eigenvalue weighted by Gasteiger charge is 2.48. The lowest BCUT2D eigenvalue weighted by Crippen LogP contribution is -2.61. The number of esters is 1. The number of aliphatic hydroxyl groups is 4. The van der Waals surface area contributed by atoms with E-state index in [1.54, 1.807) is 25.1 Å². The highest BCUT2D eigenvalue weighted by Crippen LogP contribution is 2.43. The molecular formula is C39H39N5O16. The number of carbonyl (C=O) groups excluding carboxylic acids is 3. The Kier molecular flexibility index (Phi) is 10.8. The van der Waals surface area contributed by atoms with Gasteiger partial charge in [0.25, 0.3) is 5.56 Å². The van der Waals surface area contributed by atoms with Gasteiger partial charge >= 0.3 is 18.0 Å². The van der Waals surface area contributed by atoms with Gasteiger partial charge in [-0.05, 0) is 42.3 Å². The number of carbonyl (C=O) groups is 4. The summed E-state index contributed by atoms with van der Waals surface area (Å²) in [6, 6.07) is 9.23. The largest absolute Gasteiger partial charge is 0.479 e. The van der Waals surface area contributed by atoms with Gasteiger partial charge in [0.2, 0.25) is 19.0 Å². The third-order valence-electron chi connectivity index (χ3n) is 10.7. The predicted octanol–water partition coefficient (Wildman–Crippen LogP) is -0.0389. The van der Waals surface area contributed by atoms with Crippen LogP contribution in [0.4, 0.5) is 10.5 Å². The number of benzene rings is 2. The fourth-order valence-electron chi connectivity index (χ4n) is 7.50. The lowest BCUT2D eigenvalue weighted by molar-refractivity contribution is -0.271. The van der Waals surface area contributed by atoms with Crippen LogP contribution in [-0.2, 0) is 54.9 Å². The zero-order valence-electron chi connectivity index (χ0n) is 31.7. The molecule has 1 saturated heterocycles. The first-order valence-corrected chi connectivity index (χ1v) is 18.8. The average Bonchev–Trinajstić information content (AvgIpc) is 3.84. The Labute approximate surface area is 338 Å². The molecule has 4 aromatic rings. The topological polar surface area (TPSA) is 301 Å². The van der Waals surface area contributed by atoms with Gasteiger partial charge in [0.05, 0.1) is 41.2 Å². The number of anilines is 1. The summed E-state index contributed by atoms with van der Waals surface area (Å²) in [6.45, 7) is 1.35. The molecule has 6 atom stereocenters. The number of carboxylic acid groups (broad SMARTS) is 1. The maximum absolute atomic E-state index is 13.8. The Morgan fingerprint density at radius 3 is 2.50 bits per heavy atom. The van der Waals surface area contributed by atoms with Crippen molar-refractivity contribution in [2.24, 2.45) is 5.73 Å². The first kappa shape index (κ1) is 40.4. The second kappa shape index (κ2) is 16.0. The van der Waals surface area contributed by atoms with Crippen LogP contribution in [-0.4, -0.2) is 115 Å². The van der Waals surface area contributed by atoms with Gasteiger partial charge < -0.3 is 74.5 Å². The number of nitrogens with two attached hydrogens (primary N) is 1. The van der Waals surface area contributed by atoms with Gasteiger partial charge in [-0.15, -0.1) is 0 Å².